The largest absolute Gasteiger partial charge is 0.423 e. The van der Waals surface area contributed by atoms with Gasteiger partial charge < -0.3 is 14.1 Å². The number of morpholine rings is 1. The number of hydrogen-bond donors (Lipinski definition) is 1. The van der Waals surface area contributed by atoms with Gasteiger partial charge in [-0.2, -0.15) is 0 Å². The van der Waals surface area contributed by atoms with Gasteiger partial charge in [-0.25, -0.2) is 4.79 Å². The first-order valence-corrected chi connectivity index (χ1v) is 7.23. The Bertz CT molecular complexity index is 656. The summed E-state index contributed by atoms with van der Waals surface area (Å²) in [6, 6.07) is 7.72. The second kappa shape index (κ2) is 5.77. The van der Waals surface area contributed by atoms with Crippen LogP contribution in [0, 0.1) is 0 Å². The van der Waals surface area contributed by atoms with E-state index in [0.717, 1.165) is 50.2 Å². The molecule has 2 heterocycles. The number of rotatable bonds is 3. The summed E-state index contributed by atoms with van der Waals surface area (Å²) in [6.07, 6.45) is 0.985. The molecule has 2 aromatic rings. The van der Waals surface area contributed by atoms with Crippen LogP contribution in [0.3, 0.4) is 0 Å². The molecule has 0 radical (unpaired) electrons. The van der Waals surface area contributed by atoms with Gasteiger partial charge >= 0.3 is 5.63 Å². The highest BCUT2D eigenvalue weighted by atomic mass is 16.5. The first-order valence-electron chi connectivity index (χ1n) is 7.23. The van der Waals surface area contributed by atoms with Gasteiger partial charge in [0.15, 0.2) is 0 Å². The Balaban J connectivity index is 2.00. The summed E-state index contributed by atoms with van der Waals surface area (Å²) in [5, 5.41) is 1.07. The van der Waals surface area contributed by atoms with E-state index in [2.05, 4.69) is 13.0 Å². The second-order valence-electron chi connectivity index (χ2n) is 5.31. The number of quaternary nitrogens is 1. The molecule has 0 amide bonds. The molecule has 20 heavy (non-hydrogen) atoms. The second-order valence-corrected chi connectivity index (χ2v) is 5.31. The third kappa shape index (κ3) is 2.76. The van der Waals surface area contributed by atoms with Gasteiger partial charge in [-0.3, -0.25) is 0 Å². The molecule has 1 aliphatic heterocycles. The van der Waals surface area contributed by atoms with E-state index < -0.39 is 0 Å². The van der Waals surface area contributed by atoms with Crippen LogP contribution in [0.4, 0.5) is 0 Å². The van der Waals surface area contributed by atoms with E-state index >= 15 is 0 Å². The first kappa shape index (κ1) is 13.3. The lowest BCUT2D eigenvalue weighted by atomic mass is 10.1. The number of fused-ring (bicyclic) bond motifs is 1. The van der Waals surface area contributed by atoms with E-state index in [1.807, 2.05) is 12.1 Å². The molecule has 0 aliphatic carbocycles. The lowest BCUT2D eigenvalue weighted by molar-refractivity contribution is -0.921. The van der Waals surface area contributed by atoms with Crippen molar-refractivity contribution in [2.75, 3.05) is 26.3 Å². The van der Waals surface area contributed by atoms with Gasteiger partial charge in [0.05, 0.1) is 13.2 Å². The monoisotopic (exact) mass is 274 g/mol. The summed E-state index contributed by atoms with van der Waals surface area (Å²) >= 11 is 0. The quantitative estimate of drug-likeness (QED) is 0.841. The standard InChI is InChI=1S/C16H19NO3/c1-2-12-3-4-15-14(9-12)13(10-16(18)20-15)11-17-5-7-19-8-6-17/h3-4,9-10H,2,5-8,11H2,1H3/p+1. The number of hydrogen-bond acceptors (Lipinski definition) is 3. The Morgan fingerprint density at radius 3 is 2.75 bits per heavy atom. The van der Waals surface area contributed by atoms with Crippen LogP contribution < -0.4 is 10.5 Å². The van der Waals surface area contributed by atoms with Gasteiger partial charge in [-0.1, -0.05) is 13.0 Å². The molecule has 1 N–H and O–H groups in total. The predicted molar refractivity (Wildman–Crippen MR) is 77.1 cm³/mol. The summed E-state index contributed by atoms with van der Waals surface area (Å²) in [5.41, 5.74) is 2.79. The molecule has 4 heteroatoms. The van der Waals surface area contributed by atoms with Gasteiger partial charge in [0, 0.05) is 17.0 Å². The molecule has 1 aromatic carbocycles. The Kier molecular flexibility index (Phi) is 3.85. The molecule has 0 saturated carbocycles. The SMILES string of the molecule is CCc1ccc2oc(=O)cc(C[NH+]3CCOCC3)c2c1. The van der Waals surface area contributed by atoms with Crippen LogP contribution in [0.5, 0.6) is 0 Å². The Hall–Kier alpha value is -1.65. The molecule has 0 spiro atoms. The molecule has 4 nitrogen and oxygen atoms in total. The molecule has 1 fully saturated rings. The van der Waals surface area contributed by atoms with Gasteiger partial charge in [-0.05, 0) is 24.1 Å². The van der Waals surface area contributed by atoms with Gasteiger partial charge in [0.2, 0.25) is 0 Å². The summed E-state index contributed by atoms with van der Waals surface area (Å²) in [4.78, 5) is 13.2. The van der Waals surface area contributed by atoms with Crippen molar-refractivity contribution < 1.29 is 14.1 Å². The number of nitrogens with one attached hydrogen (secondary N) is 1. The van der Waals surface area contributed by atoms with Gasteiger partial charge in [0.1, 0.15) is 25.2 Å². The predicted octanol–water partition coefficient (Wildman–Crippen LogP) is 0.770. The fraction of sp³-hybridized carbons (Fsp3) is 0.438. The van der Waals surface area contributed by atoms with E-state index in [4.69, 9.17) is 9.15 Å². The highest BCUT2D eigenvalue weighted by molar-refractivity contribution is 5.80. The highest BCUT2D eigenvalue weighted by Crippen LogP contribution is 2.18. The lowest BCUT2D eigenvalue weighted by Gasteiger charge is -2.24. The molecular formula is C16H20NO3+. The van der Waals surface area contributed by atoms with E-state index in [0.29, 0.717) is 5.58 Å². The van der Waals surface area contributed by atoms with E-state index in [1.54, 1.807) is 6.07 Å². The lowest BCUT2D eigenvalue weighted by Crippen LogP contribution is -3.12. The Morgan fingerprint density at radius 2 is 2.00 bits per heavy atom. The fourth-order valence-corrected chi connectivity index (χ4v) is 2.75. The molecule has 1 aliphatic rings. The smallest absolute Gasteiger partial charge is 0.336 e. The molecule has 3 rings (SSSR count). The minimum atomic E-state index is -0.260. The van der Waals surface area contributed by atoms with Gasteiger partial charge in [0.25, 0.3) is 0 Å². The average molecular weight is 274 g/mol. The van der Waals surface area contributed by atoms with Crippen LogP contribution in [0.2, 0.25) is 0 Å². The molecule has 0 unspecified atom stereocenters. The maximum atomic E-state index is 11.7. The van der Waals surface area contributed by atoms with E-state index in [1.165, 1.54) is 10.5 Å². The average Bonchev–Trinajstić information content (AvgIpc) is 2.48. The highest BCUT2D eigenvalue weighted by Gasteiger charge is 2.17. The molecular weight excluding hydrogens is 254 g/mol. The van der Waals surface area contributed by atoms with Crippen LogP contribution in [-0.2, 0) is 17.7 Å². The third-order valence-corrected chi connectivity index (χ3v) is 3.94. The summed E-state index contributed by atoms with van der Waals surface area (Å²) in [7, 11) is 0. The maximum Gasteiger partial charge on any atom is 0.336 e. The van der Waals surface area contributed by atoms with Crippen molar-refractivity contribution in [1.82, 2.24) is 0 Å². The molecule has 1 aromatic heterocycles. The summed E-state index contributed by atoms with van der Waals surface area (Å²) < 4.78 is 10.7. The minimum absolute atomic E-state index is 0.260. The third-order valence-electron chi connectivity index (χ3n) is 3.94. The van der Waals surface area contributed by atoms with Crippen molar-refractivity contribution in [2.45, 2.75) is 19.9 Å². The van der Waals surface area contributed by atoms with Gasteiger partial charge in [-0.15, -0.1) is 0 Å². The Morgan fingerprint density at radius 1 is 1.20 bits per heavy atom. The number of benzene rings is 1. The zero-order valence-electron chi connectivity index (χ0n) is 11.8. The van der Waals surface area contributed by atoms with Crippen molar-refractivity contribution in [1.29, 1.82) is 0 Å². The first-order chi connectivity index (χ1) is 9.76. The fourth-order valence-electron chi connectivity index (χ4n) is 2.75. The molecule has 0 bridgehead atoms. The van der Waals surface area contributed by atoms with Crippen molar-refractivity contribution in [2.24, 2.45) is 0 Å². The van der Waals surface area contributed by atoms with Crippen LogP contribution in [0.1, 0.15) is 18.1 Å². The normalized spacial score (nSPS) is 16.6. The molecule has 106 valence electrons. The molecule has 0 atom stereocenters. The Labute approximate surface area is 118 Å². The van der Waals surface area contributed by atoms with Crippen LogP contribution >= 0.6 is 0 Å². The van der Waals surface area contributed by atoms with Crippen molar-refractivity contribution in [3.05, 3.63) is 45.8 Å². The van der Waals surface area contributed by atoms with Crippen molar-refractivity contribution in [3.8, 4) is 0 Å². The molecule has 1 saturated heterocycles. The maximum absolute atomic E-state index is 11.7. The van der Waals surface area contributed by atoms with Crippen LogP contribution in [-0.4, -0.2) is 26.3 Å². The van der Waals surface area contributed by atoms with E-state index in [-0.39, 0.29) is 5.63 Å². The minimum Gasteiger partial charge on any atom is -0.423 e. The zero-order valence-corrected chi connectivity index (χ0v) is 11.8. The summed E-state index contributed by atoms with van der Waals surface area (Å²) in [6.45, 7) is 6.58. The van der Waals surface area contributed by atoms with Crippen molar-refractivity contribution in [3.63, 3.8) is 0 Å². The topological polar surface area (TPSA) is 43.9 Å². The number of aryl methyl sites for hydroxylation is 1. The van der Waals surface area contributed by atoms with Crippen LogP contribution in [0.25, 0.3) is 11.0 Å². The van der Waals surface area contributed by atoms with Crippen LogP contribution in [0.15, 0.2) is 33.5 Å². The number of ether oxygens (including phenoxy) is 1. The summed E-state index contributed by atoms with van der Waals surface area (Å²) in [5.74, 6) is 0. The zero-order chi connectivity index (χ0) is 13.9. The van der Waals surface area contributed by atoms with E-state index in [9.17, 15) is 4.79 Å². The van der Waals surface area contributed by atoms with Crippen molar-refractivity contribution >= 4 is 11.0 Å².